The molecular weight excluding hydrogens is 266 g/mol. The summed E-state index contributed by atoms with van der Waals surface area (Å²) >= 11 is 0. The summed E-state index contributed by atoms with van der Waals surface area (Å²) in [7, 11) is 0. The fourth-order valence-corrected chi connectivity index (χ4v) is 2.19. The lowest BCUT2D eigenvalue weighted by Gasteiger charge is -2.35. The van der Waals surface area contributed by atoms with Crippen molar-refractivity contribution in [3.8, 4) is 0 Å². The fraction of sp³-hybridized carbons (Fsp3) is 0.625. The van der Waals surface area contributed by atoms with Crippen LogP contribution in [0, 0.1) is 12.3 Å². The number of carbonyl (C=O) groups excluding carboxylic acids is 1. The second kappa shape index (κ2) is 6.33. The second-order valence-electron chi connectivity index (χ2n) is 6.73. The van der Waals surface area contributed by atoms with Gasteiger partial charge in [0.15, 0.2) is 0 Å². The van der Waals surface area contributed by atoms with Crippen molar-refractivity contribution in [1.29, 1.82) is 0 Å². The van der Waals surface area contributed by atoms with Gasteiger partial charge in [0, 0.05) is 31.9 Å². The summed E-state index contributed by atoms with van der Waals surface area (Å²) in [5, 5.41) is 0. The average molecular weight is 291 g/mol. The molecule has 1 saturated heterocycles. The highest BCUT2D eigenvalue weighted by molar-refractivity contribution is 5.68. The fourth-order valence-electron chi connectivity index (χ4n) is 2.19. The molecule has 0 N–H and O–H groups in total. The van der Waals surface area contributed by atoms with Crippen LogP contribution in [0.4, 0.5) is 10.6 Å². The van der Waals surface area contributed by atoms with Crippen LogP contribution in [0.15, 0.2) is 18.2 Å². The molecule has 0 bridgehead atoms. The number of anilines is 1. The number of amides is 1. The normalized spacial score (nSPS) is 16.0. The third-order valence-electron chi connectivity index (χ3n) is 3.36. The van der Waals surface area contributed by atoms with Crippen LogP contribution in [0.3, 0.4) is 0 Å². The summed E-state index contributed by atoms with van der Waals surface area (Å²) in [5.74, 6) is 0.984. The molecule has 1 aliphatic rings. The van der Waals surface area contributed by atoms with Gasteiger partial charge in [0.05, 0.1) is 6.61 Å². The van der Waals surface area contributed by atoms with Gasteiger partial charge in [0.1, 0.15) is 5.82 Å². The highest BCUT2D eigenvalue weighted by Crippen LogP contribution is 2.16. The molecule has 2 rings (SSSR count). The molecule has 5 nitrogen and oxygen atoms in total. The largest absolute Gasteiger partial charge is 0.449 e. The first-order chi connectivity index (χ1) is 9.85. The lowest BCUT2D eigenvalue weighted by Crippen LogP contribution is -2.49. The Hall–Kier alpha value is -1.78. The van der Waals surface area contributed by atoms with Crippen molar-refractivity contribution in [3.63, 3.8) is 0 Å². The Morgan fingerprint density at radius 1 is 1.24 bits per heavy atom. The van der Waals surface area contributed by atoms with Gasteiger partial charge in [-0.05, 0) is 24.5 Å². The summed E-state index contributed by atoms with van der Waals surface area (Å²) in [6.45, 7) is 11.6. The van der Waals surface area contributed by atoms with E-state index >= 15 is 0 Å². The van der Waals surface area contributed by atoms with Crippen molar-refractivity contribution in [1.82, 2.24) is 9.88 Å². The number of pyridine rings is 1. The minimum atomic E-state index is -0.207. The first-order valence-electron chi connectivity index (χ1n) is 7.45. The summed E-state index contributed by atoms with van der Waals surface area (Å²) in [4.78, 5) is 20.5. The second-order valence-corrected chi connectivity index (χ2v) is 6.73. The maximum absolute atomic E-state index is 12.0. The number of carbonyl (C=O) groups is 1. The van der Waals surface area contributed by atoms with E-state index in [0.29, 0.717) is 19.7 Å². The van der Waals surface area contributed by atoms with Crippen LogP contribution in [0.25, 0.3) is 0 Å². The highest BCUT2D eigenvalue weighted by Gasteiger charge is 2.24. The van der Waals surface area contributed by atoms with Gasteiger partial charge in [-0.1, -0.05) is 26.8 Å². The number of aromatic nitrogens is 1. The summed E-state index contributed by atoms with van der Waals surface area (Å²) < 4.78 is 5.36. The Labute approximate surface area is 126 Å². The van der Waals surface area contributed by atoms with Gasteiger partial charge in [-0.25, -0.2) is 9.78 Å². The minimum absolute atomic E-state index is 0.00294. The number of ether oxygens (including phenoxy) is 1. The van der Waals surface area contributed by atoms with Crippen LogP contribution in [0.1, 0.15) is 26.5 Å². The van der Waals surface area contributed by atoms with Gasteiger partial charge in [-0.2, -0.15) is 0 Å². The van der Waals surface area contributed by atoms with Crippen molar-refractivity contribution in [2.75, 3.05) is 37.7 Å². The Kier molecular flexibility index (Phi) is 4.70. The third-order valence-corrected chi connectivity index (χ3v) is 3.36. The van der Waals surface area contributed by atoms with E-state index in [1.165, 1.54) is 0 Å². The van der Waals surface area contributed by atoms with Crippen LogP contribution in [0.5, 0.6) is 0 Å². The first-order valence-corrected chi connectivity index (χ1v) is 7.45. The molecule has 0 aliphatic carbocycles. The molecule has 1 aliphatic heterocycles. The summed E-state index contributed by atoms with van der Waals surface area (Å²) in [6, 6.07) is 6.02. The topological polar surface area (TPSA) is 45.7 Å². The van der Waals surface area contributed by atoms with Crippen molar-refractivity contribution in [2.45, 2.75) is 27.7 Å². The minimum Gasteiger partial charge on any atom is -0.449 e. The standard InChI is InChI=1S/C16H25N3O2/c1-13-6-5-7-14(17-13)18-8-10-19(11-9-18)15(20)21-12-16(2,3)4/h5-7H,8-12H2,1-4H3. The lowest BCUT2D eigenvalue weighted by molar-refractivity contribution is 0.0707. The van der Waals surface area contributed by atoms with Gasteiger partial charge < -0.3 is 14.5 Å². The van der Waals surface area contributed by atoms with E-state index in [1.54, 1.807) is 4.90 Å². The van der Waals surface area contributed by atoms with Gasteiger partial charge >= 0.3 is 6.09 Å². The van der Waals surface area contributed by atoms with E-state index in [4.69, 9.17) is 4.74 Å². The third kappa shape index (κ3) is 4.62. The molecule has 1 aromatic rings. The van der Waals surface area contributed by atoms with Crippen LogP contribution in [-0.2, 0) is 4.74 Å². The number of piperazine rings is 1. The Morgan fingerprint density at radius 3 is 2.48 bits per heavy atom. The molecule has 1 amide bonds. The average Bonchev–Trinajstić information content (AvgIpc) is 2.44. The zero-order valence-corrected chi connectivity index (χ0v) is 13.4. The van der Waals surface area contributed by atoms with E-state index in [-0.39, 0.29) is 11.5 Å². The molecule has 21 heavy (non-hydrogen) atoms. The highest BCUT2D eigenvalue weighted by atomic mass is 16.6. The van der Waals surface area contributed by atoms with Crippen LogP contribution >= 0.6 is 0 Å². The predicted molar refractivity (Wildman–Crippen MR) is 83.6 cm³/mol. The van der Waals surface area contributed by atoms with Crippen molar-refractivity contribution in [2.24, 2.45) is 5.41 Å². The monoisotopic (exact) mass is 291 g/mol. The van der Waals surface area contributed by atoms with Gasteiger partial charge in [0.25, 0.3) is 0 Å². The van der Waals surface area contributed by atoms with Gasteiger partial charge in [-0.15, -0.1) is 0 Å². The number of aryl methyl sites for hydroxylation is 1. The van der Waals surface area contributed by atoms with Crippen molar-refractivity contribution in [3.05, 3.63) is 23.9 Å². The zero-order chi connectivity index (χ0) is 15.5. The van der Waals surface area contributed by atoms with E-state index in [1.807, 2.05) is 25.1 Å². The number of nitrogens with zero attached hydrogens (tertiary/aromatic N) is 3. The molecular formula is C16H25N3O2. The van der Waals surface area contributed by atoms with Crippen LogP contribution < -0.4 is 4.90 Å². The molecule has 1 aromatic heterocycles. The molecule has 0 unspecified atom stereocenters. The zero-order valence-electron chi connectivity index (χ0n) is 13.4. The number of rotatable bonds is 2. The molecule has 0 aromatic carbocycles. The van der Waals surface area contributed by atoms with Crippen LogP contribution in [-0.4, -0.2) is 48.8 Å². The molecule has 116 valence electrons. The molecule has 0 saturated carbocycles. The first kappa shape index (κ1) is 15.6. The Morgan fingerprint density at radius 2 is 1.90 bits per heavy atom. The maximum atomic E-state index is 12.0. The number of hydrogen-bond acceptors (Lipinski definition) is 4. The van der Waals surface area contributed by atoms with Crippen molar-refractivity contribution < 1.29 is 9.53 Å². The van der Waals surface area contributed by atoms with E-state index < -0.39 is 0 Å². The quantitative estimate of drug-likeness (QED) is 0.840. The number of hydrogen-bond donors (Lipinski definition) is 0. The molecule has 1 fully saturated rings. The maximum Gasteiger partial charge on any atom is 0.409 e. The predicted octanol–water partition coefficient (Wildman–Crippen LogP) is 2.69. The van der Waals surface area contributed by atoms with Crippen molar-refractivity contribution >= 4 is 11.9 Å². The van der Waals surface area contributed by atoms with Crippen LogP contribution in [0.2, 0.25) is 0 Å². The summed E-state index contributed by atoms with van der Waals surface area (Å²) in [6.07, 6.45) is -0.207. The summed E-state index contributed by atoms with van der Waals surface area (Å²) in [5.41, 5.74) is 1.02. The SMILES string of the molecule is Cc1cccc(N2CCN(C(=O)OCC(C)(C)C)CC2)n1. The molecule has 5 heteroatoms. The van der Waals surface area contributed by atoms with E-state index in [0.717, 1.165) is 24.6 Å². The van der Waals surface area contributed by atoms with E-state index in [2.05, 4.69) is 30.7 Å². The molecule has 0 spiro atoms. The van der Waals surface area contributed by atoms with Gasteiger partial charge in [-0.3, -0.25) is 0 Å². The molecule has 2 heterocycles. The molecule has 0 radical (unpaired) electrons. The van der Waals surface area contributed by atoms with Gasteiger partial charge in [0.2, 0.25) is 0 Å². The van der Waals surface area contributed by atoms with E-state index in [9.17, 15) is 4.79 Å². The lowest BCUT2D eigenvalue weighted by atomic mass is 9.99. The smallest absolute Gasteiger partial charge is 0.409 e. The Bertz CT molecular complexity index is 489. The Balaban J connectivity index is 1.84. The molecule has 0 atom stereocenters.